The lowest BCUT2D eigenvalue weighted by Crippen LogP contribution is -2.47. The van der Waals surface area contributed by atoms with Gasteiger partial charge in [-0.25, -0.2) is 0 Å². The van der Waals surface area contributed by atoms with Gasteiger partial charge in [0, 0.05) is 0 Å². The van der Waals surface area contributed by atoms with Crippen LogP contribution in [0, 0.1) is 0 Å². The maximum absolute atomic E-state index is 11.8. The average molecular weight is 243 g/mol. The van der Waals surface area contributed by atoms with E-state index in [9.17, 15) is 9.59 Å². The van der Waals surface area contributed by atoms with E-state index in [1.54, 1.807) is 6.92 Å². The maximum Gasteiger partial charge on any atom is 0.323 e. The minimum atomic E-state index is -0.332. The first-order chi connectivity index (χ1) is 8.15. The Labute approximate surface area is 102 Å². The molecule has 0 spiro atoms. The van der Waals surface area contributed by atoms with Crippen LogP contribution in [0.4, 0.5) is 0 Å². The van der Waals surface area contributed by atoms with Gasteiger partial charge in [-0.2, -0.15) is 0 Å². The summed E-state index contributed by atoms with van der Waals surface area (Å²) >= 11 is 0. The van der Waals surface area contributed by atoms with Crippen molar-refractivity contribution in [3.63, 3.8) is 0 Å². The van der Waals surface area contributed by atoms with E-state index in [1.807, 2.05) is 11.8 Å². The molecule has 0 aromatic rings. The zero-order valence-electron chi connectivity index (χ0n) is 10.8. The normalized spacial score (nSPS) is 22.2. The molecule has 1 heterocycles. The number of nitrogens with zero attached hydrogens (tertiary/aromatic N) is 1. The molecule has 1 aliphatic rings. The quantitative estimate of drug-likeness (QED) is 0.673. The van der Waals surface area contributed by atoms with Crippen molar-refractivity contribution in [3.8, 4) is 0 Å². The van der Waals surface area contributed by atoms with Crippen LogP contribution in [0.3, 0.4) is 0 Å². The lowest BCUT2D eigenvalue weighted by atomic mass is 10.1. The van der Waals surface area contributed by atoms with Crippen LogP contribution < -0.4 is 0 Å². The predicted octanol–water partition coefficient (Wildman–Crippen LogP) is 0.965. The van der Waals surface area contributed by atoms with Crippen molar-refractivity contribution in [3.05, 3.63) is 0 Å². The summed E-state index contributed by atoms with van der Waals surface area (Å²) in [6.07, 6.45) is 2.31. The van der Waals surface area contributed by atoms with Crippen LogP contribution in [0.5, 0.6) is 0 Å². The third-order valence-electron chi connectivity index (χ3n) is 3.11. The van der Waals surface area contributed by atoms with Crippen molar-refractivity contribution in [2.24, 2.45) is 0 Å². The predicted molar refractivity (Wildman–Crippen MR) is 62.5 cm³/mol. The van der Waals surface area contributed by atoms with Gasteiger partial charge in [0.1, 0.15) is 12.1 Å². The van der Waals surface area contributed by atoms with Crippen LogP contribution in [0.15, 0.2) is 0 Å². The van der Waals surface area contributed by atoms with Gasteiger partial charge in [-0.15, -0.1) is 0 Å². The van der Waals surface area contributed by atoms with Crippen LogP contribution in [-0.2, 0) is 19.1 Å². The second-order valence-electron chi connectivity index (χ2n) is 4.10. The molecule has 0 aliphatic carbocycles. The molecule has 1 rings (SSSR count). The molecule has 17 heavy (non-hydrogen) atoms. The van der Waals surface area contributed by atoms with Gasteiger partial charge in [-0.3, -0.25) is 14.5 Å². The number of esters is 2. The molecule has 0 amide bonds. The molecule has 0 aromatic carbocycles. The van der Waals surface area contributed by atoms with E-state index in [0.717, 1.165) is 19.4 Å². The van der Waals surface area contributed by atoms with E-state index in [-0.39, 0.29) is 24.0 Å². The monoisotopic (exact) mass is 243 g/mol. The molecule has 5 nitrogen and oxygen atoms in total. The molecule has 1 aliphatic heterocycles. The summed E-state index contributed by atoms with van der Waals surface area (Å²) in [5, 5.41) is 0. The molecule has 0 saturated carbocycles. The summed E-state index contributed by atoms with van der Waals surface area (Å²) < 4.78 is 9.80. The van der Waals surface area contributed by atoms with E-state index in [0.29, 0.717) is 13.0 Å². The van der Waals surface area contributed by atoms with Crippen LogP contribution in [0.25, 0.3) is 0 Å². The summed E-state index contributed by atoms with van der Waals surface area (Å²) in [5.74, 6) is -0.504. The Kier molecular flexibility index (Phi) is 5.41. The Balaban J connectivity index is 2.73. The fourth-order valence-electron chi connectivity index (χ4n) is 2.33. The third-order valence-corrected chi connectivity index (χ3v) is 3.11. The van der Waals surface area contributed by atoms with Crippen molar-refractivity contribution < 1.29 is 19.1 Å². The number of carbonyl (C=O) groups is 2. The SMILES string of the molecule is CCOC(=O)C(CC)N1CCCC1C(=O)OC. The Morgan fingerprint density at radius 1 is 1.41 bits per heavy atom. The van der Waals surface area contributed by atoms with Crippen molar-refractivity contribution in [1.82, 2.24) is 4.90 Å². The molecule has 5 heteroatoms. The van der Waals surface area contributed by atoms with Crippen LogP contribution in [0.1, 0.15) is 33.1 Å². The van der Waals surface area contributed by atoms with Gasteiger partial charge < -0.3 is 9.47 Å². The van der Waals surface area contributed by atoms with Crippen LogP contribution >= 0.6 is 0 Å². The molecule has 1 fully saturated rings. The smallest absolute Gasteiger partial charge is 0.323 e. The second-order valence-corrected chi connectivity index (χ2v) is 4.10. The van der Waals surface area contributed by atoms with E-state index < -0.39 is 0 Å². The standard InChI is InChI=1S/C12H21NO4/c1-4-9(12(15)17-5-2)13-8-6-7-10(13)11(14)16-3/h9-10H,4-8H2,1-3H3. The number of methoxy groups -OCH3 is 1. The summed E-state index contributed by atoms with van der Waals surface area (Å²) in [5.41, 5.74) is 0. The molecule has 0 bridgehead atoms. The highest BCUT2D eigenvalue weighted by atomic mass is 16.5. The van der Waals surface area contributed by atoms with Crippen molar-refractivity contribution >= 4 is 11.9 Å². The van der Waals surface area contributed by atoms with Gasteiger partial charge in [0.25, 0.3) is 0 Å². The Hall–Kier alpha value is -1.10. The minimum absolute atomic E-state index is 0.245. The first kappa shape index (κ1) is 14.0. The molecule has 2 unspecified atom stereocenters. The molecule has 0 aromatic heterocycles. The van der Waals surface area contributed by atoms with Crippen LogP contribution in [-0.4, -0.2) is 49.2 Å². The summed E-state index contributed by atoms with van der Waals surface area (Å²) in [6, 6.07) is -0.629. The fraction of sp³-hybridized carbons (Fsp3) is 0.833. The van der Waals surface area contributed by atoms with Gasteiger partial charge in [0.15, 0.2) is 0 Å². The van der Waals surface area contributed by atoms with Crippen LogP contribution in [0.2, 0.25) is 0 Å². The van der Waals surface area contributed by atoms with Gasteiger partial charge in [0.05, 0.1) is 13.7 Å². The average Bonchev–Trinajstić information content (AvgIpc) is 2.78. The van der Waals surface area contributed by atoms with Crippen molar-refractivity contribution in [2.75, 3.05) is 20.3 Å². The molecular weight excluding hydrogens is 222 g/mol. The number of rotatable bonds is 5. The van der Waals surface area contributed by atoms with Gasteiger partial charge in [0.2, 0.25) is 0 Å². The number of likely N-dealkylation sites (tertiary alicyclic amines) is 1. The highest BCUT2D eigenvalue weighted by Crippen LogP contribution is 2.23. The number of hydrogen-bond acceptors (Lipinski definition) is 5. The van der Waals surface area contributed by atoms with Gasteiger partial charge in [-0.1, -0.05) is 6.92 Å². The summed E-state index contributed by atoms with van der Waals surface area (Å²) in [6.45, 7) is 4.82. The van der Waals surface area contributed by atoms with E-state index >= 15 is 0 Å². The first-order valence-corrected chi connectivity index (χ1v) is 6.15. The Bertz CT molecular complexity index is 280. The Morgan fingerprint density at radius 2 is 2.12 bits per heavy atom. The topological polar surface area (TPSA) is 55.8 Å². The maximum atomic E-state index is 11.8. The highest BCUT2D eigenvalue weighted by molar-refractivity contribution is 5.80. The third kappa shape index (κ3) is 3.19. The molecule has 0 N–H and O–H groups in total. The minimum Gasteiger partial charge on any atom is -0.468 e. The number of hydrogen-bond donors (Lipinski definition) is 0. The Morgan fingerprint density at radius 3 is 2.65 bits per heavy atom. The van der Waals surface area contributed by atoms with E-state index in [2.05, 4.69) is 0 Å². The molecule has 0 radical (unpaired) electrons. The van der Waals surface area contributed by atoms with Gasteiger partial charge in [-0.05, 0) is 32.7 Å². The first-order valence-electron chi connectivity index (χ1n) is 6.15. The van der Waals surface area contributed by atoms with E-state index in [4.69, 9.17) is 9.47 Å². The molecule has 1 saturated heterocycles. The van der Waals surface area contributed by atoms with Crippen molar-refractivity contribution in [2.45, 2.75) is 45.2 Å². The molecular formula is C12H21NO4. The zero-order chi connectivity index (χ0) is 12.8. The van der Waals surface area contributed by atoms with E-state index in [1.165, 1.54) is 7.11 Å². The summed E-state index contributed by atoms with van der Waals surface area (Å²) in [7, 11) is 1.38. The van der Waals surface area contributed by atoms with Crippen molar-refractivity contribution in [1.29, 1.82) is 0 Å². The molecule has 2 atom stereocenters. The lowest BCUT2D eigenvalue weighted by Gasteiger charge is -2.29. The van der Waals surface area contributed by atoms with Gasteiger partial charge >= 0.3 is 11.9 Å². The lowest BCUT2D eigenvalue weighted by molar-refractivity contribution is -0.154. The number of ether oxygens (including phenoxy) is 2. The zero-order valence-corrected chi connectivity index (χ0v) is 10.8. The fourth-order valence-corrected chi connectivity index (χ4v) is 2.33. The largest absolute Gasteiger partial charge is 0.468 e. The number of carbonyl (C=O) groups excluding carboxylic acids is 2. The second kappa shape index (κ2) is 6.59. The molecule has 98 valence electrons. The summed E-state index contributed by atoms with van der Waals surface area (Å²) in [4.78, 5) is 25.3. The highest BCUT2D eigenvalue weighted by Gasteiger charge is 2.38.